The molecular weight excluding hydrogens is 268 g/mol. The van der Waals surface area contributed by atoms with Gasteiger partial charge in [-0.3, -0.25) is 5.43 Å². The minimum atomic E-state index is -0.306. The Balaban J connectivity index is 2.40. The number of anilines is 1. The fraction of sp³-hybridized carbons (Fsp3) is 0. The van der Waals surface area contributed by atoms with E-state index in [0.29, 0.717) is 22.1 Å². The molecular formula is C10H5ClN8. The topological polar surface area (TPSA) is 126 Å². The molecule has 0 bridgehead atoms. The largest absolute Gasteiger partial charge is 0.276 e. The maximum Gasteiger partial charge on any atom is 0.237 e. The number of nitriles is 2. The van der Waals surface area contributed by atoms with Crippen LogP contribution in [0.25, 0.3) is 11.4 Å². The molecule has 0 saturated heterocycles. The summed E-state index contributed by atoms with van der Waals surface area (Å²) in [6.45, 7) is 0. The Morgan fingerprint density at radius 1 is 1.37 bits per heavy atom. The molecule has 1 aromatic heterocycles. The molecule has 1 heterocycles. The van der Waals surface area contributed by atoms with Gasteiger partial charge < -0.3 is 0 Å². The van der Waals surface area contributed by atoms with E-state index >= 15 is 0 Å². The second-order valence-electron chi connectivity index (χ2n) is 3.22. The molecule has 0 fully saturated rings. The molecule has 2 N–H and O–H groups in total. The van der Waals surface area contributed by atoms with Crippen molar-refractivity contribution in [1.29, 1.82) is 10.5 Å². The van der Waals surface area contributed by atoms with Gasteiger partial charge >= 0.3 is 0 Å². The SMILES string of the molecule is N#CC(C#N)=NNc1cc(Cl)ccc1-c1nn[nH]n1. The molecule has 2 aromatic rings. The van der Waals surface area contributed by atoms with Crippen molar-refractivity contribution in [2.24, 2.45) is 5.10 Å². The van der Waals surface area contributed by atoms with E-state index < -0.39 is 0 Å². The van der Waals surface area contributed by atoms with E-state index in [1.54, 1.807) is 30.3 Å². The summed E-state index contributed by atoms with van der Waals surface area (Å²) in [5.74, 6) is 0.338. The highest BCUT2D eigenvalue weighted by Gasteiger charge is 2.10. The number of aromatic amines is 1. The van der Waals surface area contributed by atoms with Gasteiger partial charge in [0.1, 0.15) is 12.1 Å². The number of hydrazone groups is 1. The summed E-state index contributed by atoms with van der Waals surface area (Å²) in [7, 11) is 0. The molecule has 0 aliphatic heterocycles. The number of benzene rings is 1. The molecule has 0 spiro atoms. The lowest BCUT2D eigenvalue weighted by Gasteiger charge is -2.05. The van der Waals surface area contributed by atoms with Gasteiger partial charge in [-0.1, -0.05) is 11.6 Å². The number of H-pyrrole nitrogens is 1. The van der Waals surface area contributed by atoms with Crippen LogP contribution in [0.1, 0.15) is 0 Å². The molecule has 0 radical (unpaired) electrons. The number of rotatable bonds is 3. The van der Waals surface area contributed by atoms with Gasteiger partial charge in [0.05, 0.1) is 5.69 Å². The van der Waals surface area contributed by atoms with Crippen LogP contribution < -0.4 is 5.43 Å². The van der Waals surface area contributed by atoms with Gasteiger partial charge in [-0.15, -0.1) is 10.2 Å². The molecule has 2 rings (SSSR count). The summed E-state index contributed by atoms with van der Waals surface area (Å²) in [6, 6.07) is 8.16. The van der Waals surface area contributed by atoms with E-state index in [2.05, 4.69) is 31.2 Å². The zero-order valence-corrected chi connectivity index (χ0v) is 10.0. The van der Waals surface area contributed by atoms with Crippen LogP contribution in [0.5, 0.6) is 0 Å². The summed E-state index contributed by atoms with van der Waals surface area (Å²) < 4.78 is 0. The minimum absolute atomic E-state index is 0.306. The average molecular weight is 273 g/mol. The third-order valence-corrected chi connectivity index (χ3v) is 2.30. The molecule has 0 amide bonds. The molecule has 8 nitrogen and oxygen atoms in total. The van der Waals surface area contributed by atoms with E-state index in [1.165, 1.54) is 0 Å². The van der Waals surface area contributed by atoms with Gasteiger partial charge in [0, 0.05) is 10.6 Å². The zero-order valence-electron chi connectivity index (χ0n) is 9.29. The predicted molar refractivity (Wildman–Crippen MR) is 66.9 cm³/mol. The number of hydrogen-bond donors (Lipinski definition) is 2. The third kappa shape index (κ3) is 2.83. The quantitative estimate of drug-likeness (QED) is 0.641. The molecule has 1 aromatic carbocycles. The van der Waals surface area contributed by atoms with Crippen LogP contribution in [0, 0.1) is 22.7 Å². The first kappa shape index (κ1) is 12.5. The van der Waals surface area contributed by atoms with Crippen molar-refractivity contribution >= 4 is 23.0 Å². The summed E-state index contributed by atoms with van der Waals surface area (Å²) in [5.41, 5.74) is 3.31. The summed E-state index contributed by atoms with van der Waals surface area (Å²) in [4.78, 5) is 0. The molecule has 92 valence electrons. The van der Waals surface area contributed by atoms with Crippen molar-refractivity contribution in [2.75, 3.05) is 5.43 Å². The number of nitrogens with one attached hydrogen (secondary N) is 2. The highest BCUT2D eigenvalue weighted by atomic mass is 35.5. The van der Waals surface area contributed by atoms with Crippen LogP contribution in [0.3, 0.4) is 0 Å². The Morgan fingerprint density at radius 3 is 2.79 bits per heavy atom. The first-order valence-electron chi connectivity index (χ1n) is 4.92. The van der Waals surface area contributed by atoms with E-state index in [-0.39, 0.29) is 5.71 Å². The van der Waals surface area contributed by atoms with Gasteiger partial charge in [0.15, 0.2) is 0 Å². The number of hydrogen-bond acceptors (Lipinski definition) is 7. The van der Waals surface area contributed by atoms with Crippen LogP contribution in [0.4, 0.5) is 5.69 Å². The normalized spacial score (nSPS) is 9.21. The highest BCUT2D eigenvalue weighted by molar-refractivity contribution is 6.31. The van der Waals surface area contributed by atoms with Crippen molar-refractivity contribution in [3.8, 4) is 23.5 Å². The van der Waals surface area contributed by atoms with E-state index in [9.17, 15) is 0 Å². The summed E-state index contributed by atoms with van der Waals surface area (Å²) >= 11 is 5.88. The Hall–Kier alpha value is -2.97. The lowest BCUT2D eigenvalue weighted by Crippen LogP contribution is -1.98. The highest BCUT2D eigenvalue weighted by Crippen LogP contribution is 2.27. The second kappa shape index (κ2) is 5.58. The molecule has 0 aliphatic carbocycles. The van der Waals surface area contributed by atoms with Crippen LogP contribution in [0.15, 0.2) is 23.3 Å². The van der Waals surface area contributed by atoms with Gasteiger partial charge in [0.25, 0.3) is 0 Å². The number of nitrogens with zero attached hydrogens (tertiary/aromatic N) is 6. The van der Waals surface area contributed by atoms with Crippen LogP contribution in [-0.2, 0) is 0 Å². The lowest BCUT2D eigenvalue weighted by atomic mass is 10.2. The van der Waals surface area contributed by atoms with Crippen molar-refractivity contribution in [2.45, 2.75) is 0 Å². The first-order valence-corrected chi connectivity index (χ1v) is 5.29. The molecule has 0 saturated carbocycles. The fourth-order valence-corrected chi connectivity index (χ4v) is 1.44. The van der Waals surface area contributed by atoms with Crippen molar-refractivity contribution in [3.63, 3.8) is 0 Å². The monoisotopic (exact) mass is 272 g/mol. The summed E-state index contributed by atoms with van der Waals surface area (Å²) in [5, 5.41) is 34.8. The van der Waals surface area contributed by atoms with E-state index in [0.717, 1.165) is 0 Å². The maximum atomic E-state index is 8.60. The van der Waals surface area contributed by atoms with Crippen molar-refractivity contribution in [3.05, 3.63) is 23.2 Å². The molecule has 0 aliphatic rings. The van der Waals surface area contributed by atoms with Gasteiger partial charge in [-0.2, -0.15) is 20.8 Å². The molecule has 9 heteroatoms. The Labute approximate surface area is 112 Å². The van der Waals surface area contributed by atoms with Crippen molar-refractivity contribution < 1.29 is 0 Å². The number of tetrazole rings is 1. The molecule has 19 heavy (non-hydrogen) atoms. The molecule has 0 atom stereocenters. The smallest absolute Gasteiger partial charge is 0.237 e. The van der Waals surface area contributed by atoms with Gasteiger partial charge in [-0.05, 0) is 23.4 Å². The second-order valence-corrected chi connectivity index (χ2v) is 3.66. The van der Waals surface area contributed by atoms with E-state index in [4.69, 9.17) is 22.1 Å². The number of aromatic nitrogens is 4. The Bertz CT molecular complexity index is 675. The third-order valence-electron chi connectivity index (χ3n) is 2.07. The lowest BCUT2D eigenvalue weighted by molar-refractivity contribution is 0.881. The van der Waals surface area contributed by atoms with Crippen LogP contribution in [0.2, 0.25) is 5.02 Å². The van der Waals surface area contributed by atoms with E-state index in [1.807, 2.05) is 0 Å². The maximum absolute atomic E-state index is 8.60. The average Bonchev–Trinajstić information content (AvgIpc) is 2.94. The first-order chi connectivity index (χ1) is 9.24. The van der Waals surface area contributed by atoms with Crippen LogP contribution in [-0.4, -0.2) is 26.3 Å². The minimum Gasteiger partial charge on any atom is -0.276 e. The van der Waals surface area contributed by atoms with Crippen LogP contribution >= 0.6 is 11.6 Å². The Morgan fingerprint density at radius 2 is 2.16 bits per heavy atom. The van der Waals surface area contributed by atoms with Crippen molar-refractivity contribution in [1.82, 2.24) is 20.6 Å². The fourth-order valence-electron chi connectivity index (χ4n) is 1.27. The number of halogens is 1. The standard InChI is InChI=1S/C10H5ClN8/c11-6-1-2-8(10-16-18-19-17-10)9(3-6)15-14-7(4-12)5-13/h1-3,15H,(H,16,17,18,19). The predicted octanol–water partition coefficient (Wildman–Crippen LogP) is 1.34. The van der Waals surface area contributed by atoms with Gasteiger partial charge in [-0.25, -0.2) is 0 Å². The summed E-state index contributed by atoms with van der Waals surface area (Å²) in [6.07, 6.45) is 0. The Kier molecular flexibility index (Phi) is 3.67. The molecule has 0 unspecified atom stereocenters. The van der Waals surface area contributed by atoms with Gasteiger partial charge in [0.2, 0.25) is 11.5 Å². The zero-order chi connectivity index (χ0) is 13.7.